The Bertz CT molecular complexity index is 1180. The first-order valence-corrected chi connectivity index (χ1v) is 13.7. The highest BCUT2D eigenvalue weighted by Crippen LogP contribution is 2.36. The highest BCUT2D eigenvalue weighted by molar-refractivity contribution is 7.92. The molecule has 2 amide bonds. The highest BCUT2D eigenvalue weighted by Gasteiger charge is 2.32. The van der Waals surface area contributed by atoms with E-state index in [2.05, 4.69) is 5.32 Å². The lowest BCUT2D eigenvalue weighted by atomic mass is 10.1. The summed E-state index contributed by atoms with van der Waals surface area (Å²) in [6.07, 6.45) is 0.747. The van der Waals surface area contributed by atoms with E-state index in [1.165, 1.54) is 11.8 Å². The third-order valence-corrected chi connectivity index (χ3v) is 8.01. The molecule has 10 heteroatoms. The summed E-state index contributed by atoms with van der Waals surface area (Å²) in [6, 6.07) is 11.5. The van der Waals surface area contributed by atoms with Gasteiger partial charge in [-0.15, -0.1) is 0 Å². The largest absolute Gasteiger partial charge is 0.454 e. The van der Waals surface area contributed by atoms with E-state index in [-0.39, 0.29) is 31.0 Å². The number of hydrogen-bond donors (Lipinski definition) is 1. The summed E-state index contributed by atoms with van der Waals surface area (Å²) in [5.74, 6) is -0.0596. The summed E-state index contributed by atoms with van der Waals surface area (Å²) in [4.78, 5) is 28.1. The van der Waals surface area contributed by atoms with Crippen LogP contribution in [0.15, 0.2) is 42.5 Å². The summed E-state index contributed by atoms with van der Waals surface area (Å²) in [5.41, 5.74) is 2.20. The molecule has 3 rings (SSSR count). The number of rotatable bonds is 11. The van der Waals surface area contributed by atoms with Gasteiger partial charge in [0.15, 0.2) is 11.5 Å². The fourth-order valence-corrected chi connectivity index (χ4v) is 4.75. The minimum atomic E-state index is -3.82. The molecule has 0 unspecified atom stereocenters. The minimum Gasteiger partial charge on any atom is -0.454 e. The Labute approximate surface area is 213 Å². The summed E-state index contributed by atoms with van der Waals surface area (Å²) in [5, 5.41) is 2.92. The molecular formula is C26H35N3O6S. The lowest BCUT2D eigenvalue weighted by Gasteiger charge is -2.32. The molecular weight excluding hydrogens is 482 g/mol. The Morgan fingerprint density at radius 3 is 2.33 bits per heavy atom. The van der Waals surface area contributed by atoms with Crippen LogP contribution in [0.4, 0.5) is 5.69 Å². The van der Waals surface area contributed by atoms with Gasteiger partial charge in [-0.2, -0.15) is 0 Å². The van der Waals surface area contributed by atoms with Crippen LogP contribution in [0.5, 0.6) is 11.5 Å². The average molecular weight is 518 g/mol. The predicted octanol–water partition coefficient (Wildman–Crippen LogP) is 3.21. The van der Waals surface area contributed by atoms with Crippen LogP contribution in [-0.2, 0) is 26.2 Å². The fourth-order valence-electron chi connectivity index (χ4n) is 3.70. The van der Waals surface area contributed by atoms with Crippen LogP contribution in [0, 0.1) is 6.92 Å². The van der Waals surface area contributed by atoms with Gasteiger partial charge in [0.2, 0.25) is 28.6 Å². The van der Waals surface area contributed by atoms with Crippen molar-refractivity contribution >= 4 is 27.5 Å². The second-order valence-electron chi connectivity index (χ2n) is 8.95. The molecule has 1 N–H and O–H groups in total. The van der Waals surface area contributed by atoms with E-state index >= 15 is 0 Å². The Morgan fingerprint density at radius 2 is 1.69 bits per heavy atom. The Hall–Kier alpha value is -3.27. The smallest absolute Gasteiger partial charge is 0.244 e. The lowest BCUT2D eigenvalue weighted by molar-refractivity contribution is -0.139. The molecule has 9 nitrogen and oxygen atoms in total. The second kappa shape index (κ2) is 11.6. The molecule has 2 aromatic carbocycles. The molecule has 0 saturated heterocycles. The maximum absolute atomic E-state index is 13.7. The van der Waals surface area contributed by atoms with Crippen molar-refractivity contribution in [2.75, 3.05) is 23.4 Å². The van der Waals surface area contributed by atoms with Crippen LogP contribution in [0.2, 0.25) is 0 Å². The zero-order chi connectivity index (χ0) is 26.5. The van der Waals surface area contributed by atoms with Crippen LogP contribution in [0.25, 0.3) is 0 Å². The molecule has 2 aromatic rings. The molecule has 0 aliphatic carbocycles. The Morgan fingerprint density at radius 1 is 1.03 bits per heavy atom. The van der Waals surface area contributed by atoms with E-state index in [1.54, 1.807) is 25.1 Å². The van der Waals surface area contributed by atoms with Crippen molar-refractivity contribution in [1.29, 1.82) is 0 Å². The molecule has 36 heavy (non-hydrogen) atoms. The summed E-state index contributed by atoms with van der Waals surface area (Å²) < 4.78 is 37.9. The molecule has 0 bridgehead atoms. The van der Waals surface area contributed by atoms with Gasteiger partial charge in [-0.1, -0.05) is 36.8 Å². The standard InChI is InChI=1S/C26H35N3O6S/c1-6-19(4)27-26(31)20(5)28(15-21-10-8-18(3)9-11-21)25(30)16-29(36(32,33)7-2)22-12-13-23-24(14-22)35-17-34-23/h8-14,19-20H,6-7,15-17H2,1-5H3,(H,27,31)/t19-,20-/m0/s1. The van der Waals surface area contributed by atoms with E-state index in [0.717, 1.165) is 21.9 Å². The molecule has 0 radical (unpaired) electrons. The fraction of sp³-hybridized carbons (Fsp3) is 0.462. The van der Waals surface area contributed by atoms with Crippen LogP contribution in [0.1, 0.15) is 45.2 Å². The normalized spacial score (nSPS) is 14.1. The third kappa shape index (κ3) is 6.48. The molecule has 1 aliphatic rings. The quantitative estimate of drug-likeness (QED) is 0.491. The van der Waals surface area contributed by atoms with Crippen LogP contribution < -0.4 is 19.1 Å². The maximum Gasteiger partial charge on any atom is 0.244 e. The van der Waals surface area contributed by atoms with Crippen LogP contribution in [-0.4, -0.2) is 56.3 Å². The van der Waals surface area contributed by atoms with Gasteiger partial charge >= 0.3 is 0 Å². The van der Waals surface area contributed by atoms with Gasteiger partial charge in [-0.25, -0.2) is 8.42 Å². The first kappa shape index (κ1) is 27.3. The lowest BCUT2D eigenvalue weighted by Crippen LogP contribution is -2.52. The molecule has 0 spiro atoms. The molecule has 0 fully saturated rings. The minimum absolute atomic E-state index is 0.0470. The first-order valence-electron chi connectivity index (χ1n) is 12.1. The SMILES string of the molecule is CC[C@H](C)NC(=O)[C@H](C)N(Cc1ccc(C)cc1)C(=O)CN(c1ccc2c(c1)OCO2)S(=O)(=O)CC. The first-order chi connectivity index (χ1) is 17.1. The predicted molar refractivity (Wildman–Crippen MR) is 138 cm³/mol. The topological polar surface area (TPSA) is 105 Å². The number of anilines is 1. The summed E-state index contributed by atoms with van der Waals surface area (Å²) in [7, 11) is -3.82. The van der Waals surface area contributed by atoms with Crippen LogP contribution in [0.3, 0.4) is 0 Å². The number of hydrogen-bond acceptors (Lipinski definition) is 6. The van der Waals surface area contributed by atoms with Gasteiger partial charge in [0.1, 0.15) is 12.6 Å². The van der Waals surface area contributed by atoms with Gasteiger partial charge in [0, 0.05) is 18.7 Å². The summed E-state index contributed by atoms with van der Waals surface area (Å²) in [6.45, 7) is 8.75. The van der Waals surface area contributed by atoms with Crippen LogP contribution >= 0.6 is 0 Å². The second-order valence-corrected chi connectivity index (χ2v) is 11.1. The molecule has 2 atom stereocenters. The van der Waals surface area contributed by atoms with Gasteiger partial charge in [-0.05, 0) is 51.8 Å². The molecule has 1 aliphatic heterocycles. The van der Waals surface area contributed by atoms with Crippen molar-refractivity contribution in [3.63, 3.8) is 0 Å². The van der Waals surface area contributed by atoms with Crippen molar-refractivity contribution in [3.05, 3.63) is 53.6 Å². The van der Waals surface area contributed by atoms with E-state index in [1.807, 2.05) is 45.0 Å². The molecule has 1 heterocycles. The number of carbonyl (C=O) groups excluding carboxylic acids is 2. The number of ether oxygens (including phenoxy) is 2. The van der Waals surface area contributed by atoms with E-state index in [9.17, 15) is 18.0 Å². The number of sulfonamides is 1. The number of fused-ring (bicyclic) bond motifs is 1. The number of nitrogens with one attached hydrogen (secondary N) is 1. The number of aryl methyl sites for hydroxylation is 1. The average Bonchev–Trinajstić information content (AvgIpc) is 3.34. The number of carbonyl (C=O) groups is 2. The van der Waals surface area contributed by atoms with Gasteiger partial charge in [0.05, 0.1) is 11.4 Å². The van der Waals surface area contributed by atoms with Crippen molar-refractivity contribution in [2.45, 2.75) is 59.7 Å². The van der Waals surface area contributed by atoms with Crippen molar-refractivity contribution < 1.29 is 27.5 Å². The zero-order valence-corrected chi connectivity index (χ0v) is 22.3. The monoisotopic (exact) mass is 517 g/mol. The molecule has 196 valence electrons. The maximum atomic E-state index is 13.7. The number of amides is 2. The zero-order valence-electron chi connectivity index (χ0n) is 21.5. The van der Waals surface area contributed by atoms with Gasteiger partial charge < -0.3 is 19.7 Å². The van der Waals surface area contributed by atoms with E-state index < -0.39 is 28.5 Å². The molecule has 0 aromatic heterocycles. The van der Waals surface area contributed by atoms with Crippen molar-refractivity contribution in [1.82, 2.24) is 10.2 Å². The number of nitrogens with zero attached hydrogens (tertiary/aromatic N) is 2. The Balaban J connectivity index is 1.93. The molecule has 0 saturated carbocycles. The Kier molecular flexibility index (Phi) is 8.84. The highest BCUT2D eigenvalue weighted by atomic mass is 32.2. The summed E-state index contributed by atoms with van der Waals surface area (Å²) >= 11 is 0. The van der Waals surface area contributed by atoms with Crippen molar-refractivity contribution in [3.8, 4) is 11.5 Å². The van der Waals surface area contributed by atoms with E-state index in [4.69, 9.17) is 9.47 Å². The van der Waals surface area contributed by atoms with Crippen molar-refractivity contribution in [2.24, 2.45) is 0 Å². The third-order valence-electron chi connectivity index (χ3n) is 6.27. The van der Waals surface area contributed by atoms with Gasteiger partial charge in [-0.3, -0.25) is 13.9 Å². The van der Waals surface area contributed by atoms with Gasteiger partial charge in [0.25, 0.3) is 0 Å². The van der Waals surface area contributed by atoms with E-state index in [0.29, 0.717) is 17.2 Å². The number of benzene rings is 2.